The Morgan fingerprint density at radius 1 is 1.56 bits per heavy atom. The largest absolute Gasteiger partial charge is 2.00 e. The molecule has 52 valence electrons. The molecule has 0 bridgehead atoms. The van der Waals surface area contributed by atoms with Crippen LogP contribution in [-0.4, -0.2) is 67.5 Å². The minimum atomic E-state index is -4.32. The molecule has 0 saturated heterocycles. The van der Waals surface area contributed by atoms with Crippen LogP contribution < -0.4 is 0 Å². The third-order valence-electron chi connectivity index (χ3n) is 0.306. The number of hydrogen-bond donors (Lipinski definition) is 2. The Hall–Kier alpha value is 0.640. The van der Waals surface area contributed by atoms with Gasteiger partial charge in [0.25, 0.3) is 10.1 Å². The van der Waals surface area contributed by atoms with Gasteiger partial charge in [-0.3, -0.25) is 9.35 Å². The fourth-order valence-electron chi connectivity index (χ4n) is 0.156. The van der Waals surface area contributed by atoms with E-state index in [-0.39, 0.29) is 40.6 Å². The van der Waals surface area contributed by atoms with E-state index >= 15 is 0 Å². The molecular weight excluding hydrogens is 176 g/mol. The van der Waals surface area contributed by atoms with Crippen LogP contribution in [0.1, 0.15) is 2.85 Å². The third-order valence-corrected chi connectivity index (χ3v) is 0.918. The standard InChI is InChI=1S/C2H4O5S.Ca.2H/c3-2(4)1-8(5,6)7;;;/h1H2,(H,3,4)(H,5,6,7);;;/q;+2;2*-1. The van der Waals surface area contributed by atoms with E-state index in [1.807, 2.05) is 0 Å². The fraction of sp³-hybridized carbons (Fsp3) is 0.500. The number of aliphatic carboxylic acids is 1. The molecule has 0 aromatic heterocycles. The normalized spacial score (nSPS) is 9.89. The predicted molar refractivity (Wildman–Crippen MR) is 32.0 cm³/mol. The Bertz CT molecular complexity index is 189. The summed E-state index contributed by atoms with van der Waals surface area (Å²) in [4.78, 5) is 9.48. The molecule has 0 radical (unpaired) electrons. The van der Waals surface area contributed by atoms with Crippen LogP contribution in [0, 0.1) is 0 Å². The van der Waals surface area contributed by atoms with E-state index in [1.165, 1.54) is 0 Å². The van der Waals surface area contributed by atoms with Crippen LogP contribution in [0.2, 0.25) is 0 Å². The molecule has 0 spiro atoms. The molecule has 0 heterocycles. The van der Waals surface area contributed by atoms with Gasteiger partial charge < -0.3 is 7.96 Å². The van der Waals surface area contributed by atoms with Gasteiger partial charge in [0.15, 0.2) is 5.75 Å². The first-order chi connectivity index (χ1) is 3.42. The van der Waals surface area contributed by atoms with Gasteiger partial charge in [-0.2, -0.15) is 8.42 Å². The second kappa shape index (κ2) is 4.45. The van der Waals surface area contributed by atoms with Gasteiger partial charge in [0.05, 0.1) is 0 Å². The van der Waals surface area contributed by atoms with Gasteiger partial charge in [0, 0.05) is 0 Å². The second-order valence-corrected chi connectivity index (χ2v) is 2.57. The van der Waals surface area contributed by atoms with Crippen molar-refractivity contribution in [2.45, 2.75) is 0 Å². The smallest absolute Gasteiger partial charge is 1.00 e. The van der Waals surface area contributed by atoms with E-state index in [0.717, 1.165) is 0 Å². The van der Waals surface area contributed by atoms with Crippen molar-refractivity contribution >= 4 is 53.8 Å². The van der Waals surface area contributed by atoms with Gasteiger partial charge in [-0.25, -0.2) is 0 Å². The minimum absolute atomic E-state index is 0. The molecule has 0 aromatic carbocycles. The van der Waals surface area contributed by atoms with Crippen molar-refractivity contribution in [2.24, 2.45) is 0 Å². The van der Waals surface area contributed by atoms with Gasteiger partial charge in [-0.15, -0.1) is 0 Å². The van der Waals surface area contributed by atoms with Crippen molar-refractivity contribution in [3.8, 4) is 0 Å². The van der Waals surface area contributed by atoms with E-state index in [0.29, 0.717) is 0 Å². The molecule has 0 atom stereocenters. The predicted octanol–water partition coefficient (Wildman–Crippen LogP) is -1.20. The van der Waals surface area contributed by atoms with Gasteiger partial charge in [0.2, 0.25) is 0 Å². The molecule has 0 aromatic rings. The first kappa shape index (κ1) is 12.3. The summed E-state index contributed by atoms with van der Waals surface area (Å²) >= 11 is 0. The number of rotatable bonds is 2. The first-order valence-electron chi connectivity index (χ1n) is 1.59. The summed E-state index contributed by atoms with van der Waals surface area (Å²) in [5.74, 6) is -2.79. The molecule has 0 aliphatic rings. The van der Waals surface area contributed by atoms with Crippen molar-refractivity contribution in [2.75, 3.05) is 5.75 Å². The average molecular weight is 182 g/mol. The number of hydrogen-bond acceptors (Lipinski definition) is 3. The van der Waals surface area contributed by atoms with Gasteiger partial charge in [-0.1, -0.05) is 0 Å². The summed E-state index contributed by atoms with van der Waals surface area (Å²) in [5.41, 5.74) is 0. The summed E-state index contributed by atoms with van der Waals surface area (Å²) < 4.78 is 27.0. The average Bonchev–Trinajstić information content (AvgIpc) is 1.21. The van der Waals surface area contributed by atoms with E-state index in [9.17, 15) is 13.2 Å². The summed E-state index contributed by atoms with van der Waals surface area (Å²) in [5, 5.41) is 7.71. The Balaban J connectivity index is -0.0000000817. The van der Waals surface area contributed by atoms with Gasteiger partial charge in [-0.05, 0) is 0 Å². The quantitative estimate of drug-likeness (QED) is 0.413. The SMILES string of the molecule is O=C(O)CS(=O)(=O)O.[Ca+2].[H-].[H-]. The summed E-state index contributed by atoms with van der Waals surface area (Å²) in [6.07, 6.45) is 0. The molecule has 0 saturated carbocycles. The fourth-order valence-corrected chi connectivity index (χ4v) is 0.468. The van der Waals surface area contributed by atoms with E-state index in [1.54, 1.807) is 0 Å². The molecule has 0 amide bonds. The van der Waals surface area contributed by atoms with Crippen LogP contribution in [0.3, 0.4) is 0 Å². The molecule has 0 aliphatic heterocycles. The zero-order valence-corrected chi connectivity index (χ0v) is 7.47. The summed E-state index contributed by atoms with van der Waals surface area (Å²) in [6, 6.07) is 0. The zero-order valence-electron chi connectivity index (χ0n) is 6.44. The van der Waals surface area contributed by atoms with Crippen LogP contribution in [0.15, 0.2) is 0 Å². The van der Waals surface area contributed by atoms with Crippen molar-refractivity contribution in [1.29, 1.82) is 0 Å². The Labute approximate surface area is 84.8 Å². The van der Waals surface area contributed by atoms with Crippen molar-refractivity contribution < 1.29 is 25.7 Å². The first-order valence-corrected chi connectivity index (χ1v) is 3.20. The second-order valence-electron chi connectivity index (χ2n) is 1.12. The minimum Gasteiger partial charge on any atom is -1.00 e. The van der Waals surface area contributed by atoms with Crippen molar-refractivity contribution in [1.82, 2.24) is 0 Å². The third kappa shape index (κ3) is 12.0. The summed E-state index contributed by atoms with van der Waals surface area (Å²) in [7, 11) is -4.32. The number of carboxylic acid groups (broad SMARTS) is 1. The van der Waals surface area contributed by atoms with E-state index < -0.39 is 21.8 Å². The maximum Gasteiger partial charge on any atom is 2.00 e. The molecule has 0 aliphatic carbocycles. The van der Waals surface area contributed by atoms with Crippen LogP contribution in [0.25, 0.3) is 0 Å². The Morgan fingerprint density at radius 3 is 1.89 bits per heavy atom. The Kier molecular flexibility index (Phi) is 6.10. The monoisotopic (exact) mass is 182 g/mol. The molecule has 5 nitrogen and oxygen atoms in total. The van der Waals surface area contributed by atoms with Gasteiger partial charge >= 0.3 is 43.7 Å². The van der Waals surface area contributed by atoms with Crippen LogP contribution >= 0.6 is 0 Å². The molecule has 9 heavy (non-hydrogen) atoms. The topological polar surface area (TPSA) is 91.7 Å². The van der Waals surface area contributed by atoms with Crippen LogP contribution in [0.4, 0.5) is 0 Å². The number of carbonyl (C=O) groups is 1. The zero-order chi connectivity index (χ0) is 6.78. The van der Waals surface area contributed by atoms with Crippen molar-refractivity contribution in [3.63, 3.8) is 0 Å². The molecule has 0 unspecified atom stereocenters. The molecular formula is C2H6CaO5S. The van der Waals surface area contributed by atoms with Crippen molar-refractivity contribution in [3.05, 3.63) is 0 Å². The van der Waals surface area contributed by atoms with Crippen LogP contribution in [-0.2, 0) is 14.9 Å². The maximum absolute atomic E-state index is 9.62. The van der Waals surface area contributed by atoms with Gasteiger partial charge in [0.1, 0.15) is 0 Å². The van der Waals surface area contributed by atoms with E-state index in [2.05, 4.69) is 0 Å². The van der Waals surface area contributed by atoms with Crippen LogP contribution in [0.5, 0.6) is 0 Å². The molecule has 0 rings (SSSR count). The molecule has 0 fully saturated rings. The Morgan fingerprint density at radius 2 is 1.89 bits per heavy atom. The summed E-state index contributed by atoms with van der Waals surface area (Å²) in [6.45, 7) is 0. The maximum atomic E-state index is 9.62. The molecule has 2 N–H and O–H groups in total. The van der Waals surface area contributed by atoms with E-state index in [4.69, 9.17) is 9.66 Å². The molecule has 7 heteroatoms. The number of carboxylic acids is 1.